The number of hydrogen-bond donors (Lipinski definition) is 0. The summed E-state index contributed by atoms with van der Waals surface area (Å²) in [6.45, 7) is 3.92. The third-order valence-corrected chi connectivity index (χ3v) is 6.23. The Bertz CT molecular complexity index is 1480. The van der Waals surface area contributed by atoms with Crippen LogP contribution < -0.4 is 24.4 Å². The number of benzene rings is 3. The van der Waals surface area contributed by atoms with Crippen molar-refractivity contribution in [3.8, 4) is 34.1 Å². The molecule has 36 heavy (non-hydrogen) atoms. The van der Waals surface area contributed by atoms with Gasteiger partial charge in [-0.25, -0.2) is 0 Å². The summed E-state index contributed by atoms with van der Waals surface area (Å²) >= 11 is 0. The maximum absolute atomic E-state index is 13.7. The highest BCUT2D eigenvalue weighted by atomic mass is 16.5. The molecular formula is C29H26O7. The standard InChI is InChI=1S/C29H26O7/c1-16(2)35-20-11-7-17(8-12-20)21-13-25(30)36-24-14-23(33-4)27-28(31)22(15-34-29(27)26(21)24)18-5-9-19(32-3)10-6-18/h5-12,14-16,21H,13H2,1-4H3/t21-/m0/s1. The zero-order chi connectivity index (χ0) is 25.4. The van der Waals surface area contributed by atoms with Crippen molar-refractivity contribution in [2.24, 2.45) is 0 Å². The van der Waals surface area contributed by atoms with Crippen LogP contribution in [0.15, 0.2) is 70.1 Å². The van der Waals surface area contributed by atoms with Crippen LogP contribution in [0, 0.1) is 0 Å². The van der Waals surface area contributed by atoms with Crippen LogP contribution in [-0.2, 0) is 4.79 Å². The molecule has 0 spiro atoms. The highest BCUT2D eigenvalue weighted by Crippen LogP contribution is 2.46. The Morgan fingerprint density at radius 1 is 0.917 bits per heavy atom. The lowest BCUT2D eigenvalue weighted by Crippen LogP contribution is -2.22. The summed E-state index contributed by atoms with van der Waals surface area (Å²) in [5, 5.41) is 0.298. The molecule has 0 bridgehead atoms. The van der Waals surface area contributed by atoms with Gasteiger partial charge in [-0.1, -0.05) is 24.3 Å². The fraction of sp³-hybridized carbons (Fsp3) is 0.241. The Hall–Kier alpha value is -4.26. The number of ether oxygens (including phenoxy) is 4. The van der Waals surface area contributed by atoms with Gasteiger partial charge < -0.3 is 23.4 Å². The third-order valence-electron chi connectivity index (χ3n) is 6.23. The van der Waals surface area contributed by atoms with Gasteiger partial charge in [-0.2, -0.15) is 0 Å². The quantitative estimate of drug-likeness (QED) is 0.255. The highest BCUT2D eigenvalue weighted by Gasteiger charge is 2.34. The molecule has 3 aromatic carbocycles. The first-order chi connectivity index (χ1) is 17.4. The summed E-state index contributed by atoms with van der Waals surface area (Å²) in [5.74, 6) is 1.30. The number of methoxy groups -OCH3 is 2. The fourth-order valence-corrected chi connectivity index (χ4v) is 4.58. The molecule has 2 heterocycles. The van der Waals surface area contributed by atoms with Crippen LogP contribution in [0.2, 0.25) is 0 Å². The fourth-order valence-electron chi connectivity index (χ4n) is 4.58. The number of carbonyl (C=O) groups excluding carboxylic acids is 1. The summed E-state index contributed by atoms with van der Waals surface area (Å²) < 4.78 is 28.2. The van der Waals surface area contributed by atoms with Crippen LogP contribution in [0.5, 0.6) is 23.0 Å². The lowest BCUT2D eigenvalue weighted by molar-refractivity contribution is -0.135. The zero-order valence-electron chi connectivity index (χ0n) is 20.5. The first-order valence-corrected chi connectivity index (χ1v) is 11.7. The van der Waals surface area contributed by atoms with Gasteiger partial charge in [-0.3, -0.25) is 9.59 Å². The highest BCUT2D eigenvalue weighted by molar-refractivity contribution is 5.94. The van der Waals surface area contributed by atoms with Gasteiger partial charge in [0.25, 0.3) is 0 Å². The lowest BCUT2D eigenvalue weighted by Gasteiger charge is -2.26. The first-order valence-electron chi connectivity index (χ1n) is 11.7. The van der Waals surface area contributed by atoms with Gasteiger partial charge in [0.1, 0.15) is 40.2 Å². The van der Waals surface area contributed by atoms with E-state index in [1.807, 2.05) is 38.1 Å². The molecule has 0 N–H and O–H groups in total. The molecule has 0 radical (unpaired) electrons. The van der Waals surface area contributed by atoms with Crippen molar-refractivity contribution >= 4 is 16.9 Å². The van der Waals surface area contributed by atoms with E-state index in [0.717, 1.165) is 11.3 Å². The first kappa shape index (κ1) is 23.5. The SMILES string of the molecule is COc1ccc(-c2coc3c4c(cc(OC)c3c2=O)OC(=O)C[C@H]4c2ccc(OC(C)C)cc2)cc1. The van der Waals surface area contributed by atoms with E-state index in [1.165, 1.54) is 13.4 Å². The smallest absolute Gasteiger partial charge is 0.312 e. The van der Waals surface area contributed by atoms with Gasteiger partial charge in [-0.15, -0.1) is 0 Å². The molecule has 1 atom stereocenters. The largest absolute Gasteiger partial charge is 0.497 e. The molecule has 0 fully saturated rings. The average molecular weight is 487 g/mol. The Morgan fingerprint density at radius 2 is 1.61 bits per heavy atom. The molecular weight excluding hydrogens is 460 g/mol. The molecule has 0 saturated carbocycles. The van der Waals surface area contributed by atoms with Crippen LogP contribution in [0.3, 0.4) is 0 Å². The second-order valence-electron chi connectivity index (χ2n) is 8.87. The Balaban J connectivity index is 1.68. The molecule has 184 valence electrons. The van der Waals surface area contributed by atoms with E-state index in [1.54, 1.807) is 37.4 Å². The van der Waals surface area contributed by atoms with Gasteiger partial charge in [0.15, 0.2) is 0 Å². The van der Waals surface area contributed by atoms with Gasteiger partial charge in [0.2, 0.25) is 5.43 Å². The molecule has 1 aliphatic rings. The van der Waals surface area contributed by atoms with Crippen molar-refractivity contribution in [2.45, 2.75) is 32.3 Å². The number of hydrogen-bond acceptors (Lipinski definition) is 7. The topological polar surface area (TPSA) is 84.2 Å². The second-order valence-corrected chi connectivity index (χ2v) is 8.87. The van der Waals surface area contributed by atoms with Crippen LogP contribution in [0.4, 0.5) is 0 Å². The number of esters is 1. The van der Waals surface area contributed by atoms with Crippen molar-refractivity contribution in [3.63, 3.8) is 0 Å². The summed E-state index contributed by atoms with van der Waals surface area (Å²) in [4.78, 5) is 26.2. The second kappa shape index (κ2) is 9.41. The van der Waals surface area contributed by atoms with Crippen LogP contribution in [-0.4, -0.2) is 26.3 Å². The number of rotatable bonds is 6. The Morgan fingerprint density at radius 3 is 2.25 bits per heavy atom. The molecule has 1 aliphatic heterocycles. The Labute approximate surface area is 208 Å². The van der Waals surface area contributed by atoms with Crippen molar-refractivity contribution in [1.82, 2.24) is 0 Å². The molecule has 7 heteroatoms. The van der Waals surface area contributed by atoms with E-state index in [9.17, 15) is 9.59 Å². The van der Waals surface area contributed by atoms with Gasteiger partial charge >= 0.3 is 5.97 Å². The van der Waals surface area contributed by atoms with Crippen molar-refractivity contribution in [1.29, 1.82) is 0 Å². The van der Waals surface area contributed by atoms with Crippen molar-refractivity contribution in [2.75, 3.05) is 14.2 Å². The van der Waals surface area contributed by atoms with Gasteiger partial charge in [0.05, 0.1) is 32.3 Å². The summed E-state index contributed by atoms with van der Waals surface area (Å²) in [7, 11) is 3.05. The normalized spacial score (nSPS) is 14.9. The van der Waals surface area contributed by atoms with E-state index in [-0.39, 0.29) is 35.6 Å². The molecule has 0 amide bonds. The molecule has 0 saturated heterocycles. The van der Waals surface area contributed by atoms with E-state index in [2.05, 4.69) is 0 Å². The molecule has 0 unspecified atom stereocenters. The van der Waals surface area contributed by atoms with E-state index >= 15 is 0 Å². The third kappa shape index (κ3) is 4.17. The van der Waals surface area contributed by atoms with E-state index in [4.69, 9.17) is 23.4 Å². The van der Waals surface area contributed by atoms with Crippen LogP contribution in [0.1, 0.15) is 37.3 Å². The van der Waals surface area contributed by atoms with E-state index in [0.29, 0.717) is 39.2 Å². The molecule has 5 rings (SSSR count). The minimum atomic E-state index is -0.367. The van der Waals surface area contributed by atoms with E-state index < -0.39 is 0 Å². The predicted molar refractivity (Wildman–Crippen MR) is 135 cm³/mol. The van der Waals surface area contributed by atoms with Crippen LogP contribution in [0.25, 0.3) is 22.1 Å². The minimum absolute atomic E-state index is 0.0480. The van der Waals surface area contributed by atoms with Crippen molar-refractivity contribution < 1.29 is 28.2 Å². The maximum Gasteiger partial charge on any atom is 0.312 e. The summed E-state index contributed by atoms with van der Waals surface area (Å²) in [5.41, 5.74) is 2.71. The molecule has 7 nitrogen and oxygen atoms in total. The van der Waals surface area contributed by atoms with Crippen LogP contribution >= 0.6 is 0 Å². The molecule has 4 aromatic rings. The zero-order valence-corrected chi connectivity index (χ0v) is 20.5. The number of fused-ring (bicyclic) bond motifs is 3. The summed E-state index contributed by atoms with van der Waals surface area (Å²) in [6, 6.07) is 16.3. The van der Waals surface area contributed by atoms with Gasteiger partial charge in [-0.05, 0) is 49.2 Å². The predicted octanol–water partition coefficient (Wildman–Crippen LogP) is 5.71. The Kier molecular flexibility index (Phi) is 6.14. The maximum atomic E-state index is 13.7. The average Bonchev–Trinajstić information content (AvgIpc) is 2.88. The van der Waals surface area contributed by atoms with Crippen molar-refractivity contribution in [3.05, 3.63) is 82.2 Å². The molecule has 1 aromatic heterocycles. The van der Waals surface area contributed by atoms with Gasteiger partial charge in [0, 0.05) is 17.5 Å². The molecule has 0 aliphatic carbocycles. The number of carbonyl (C=O) groups is 1. The summed E-state index contributed by atoms with van der Waals surface area (Å²) in [6.07, 6.45) is 1.61. The minimum Gasteiger partial charge on any atom is -0.497 e. The lowest BCUT2D eigenvalue weighted by atomic mass is 9.85. The monoisotopic (exact) mass is 486 g/mol.